The van der Waals surface area contributed by atoms with Crippen molar-refractivity contribution in [2.24, 2.45) is 0 Å². The molecule has 4 aromatic rings. The van der Waals surface area contributed by atoms with Crippen LogP contribution in [0.25, 0.3) is 22.2 Å². The molecule has 0 aliphatic rings. The van der Waals surface area contributed by atoms with Gasteiger partial charge in [0.2, 0.25) is 0 Å². The van der Waals surface area contributed by atoms with Gasteiger partial charge in [0.25, 0.3) is 9.67 Å². The van der Waals surface area contributed by atoms with E-state index in [0.717, 1.165) is 22.2 Å². The van der Waals surface area contributed by atoms with E-state index in [1.165, 1.54) is 11.1 Å². The minimum Gasteiger partial charge on any atom is -0.429 e. The molecule has 0 aliphatic carbocycles. The molecular formula is C17H14N2O2S2. The van der Waals surface area contributed by atoms with Crippen LogP contribution in [0.15, 0.2) is 45.2 Å². The smallest absolute Gasteiger partial charge is 0.266 e. The Morgan fingerprint density at radius 3 is 1.65 bits per heavy atom. The predicted octanol–water partition coefficient (Wildman–Crippen LogP) is 5.62. The summed E-state index contributed by atoms with van der Waals surface area (Å²) in [6.45, 7) is 4.36. The number of oxazole rings is 2. The van der Waals surface area contributed by atoms with Crippen molar-refractivity contribution < 1.29 is 8.83 Å². The monoisotopic (exact) mass is 342 g/mol. The van der Waals surface area contributed by atoms with E-state index >= 15 is 0 Å². The summed E-state index contributed by atoms with van der Waals surface area (Å²) in [5.41, 5.74) is 5.49. The number of fused-ring (bicyclic) bond motifs is 2. The number of nitrogens with one attached hydrogen (secondary N) is 2. The quantitative estimate of drug-likeness (QED) is 0.464. The van der Waals surface area contributed by atoms with Crippen LogP contribution in [-0.4, -0.2) is 9.97 Å². The highest BCUT2D eigenvalue weighted by atomic mass is 32.1. The molecule has 6 heteroatoms. The highest BCUT2D eigenvalue weighted by Crippen LogP contribution is 2.34. The molecule has 0 atom stereocenters. The van der Waals surface area contributed by atoms with Crippen molar-refractivity contribution in [2.75, 3.05) is 0 Å². The molecule has 2 aromatic heterocycles. The predicted molar refractivity (Wildman–Crippen MR) is 94.9 cm³/mol. The van der Waals surface area contributed by atoms with E-state index in [0.29, 0.717) is 9.67 Å². The van der Waals surface area contributed by atoms with Crippen LogP contribution in [0.3, 0.4) is 0 Å². The maximum absolute atomic E-state index is 5.43. The highest BCUT2D eigenvalue weighted by Gasteiger charge is 2.24. The summed E-state index contributed by atoms with van der Waals surface area (Å²) in [5.74, 6) is 0. The van der Waals surface area contributed by atoms with Gasteiger partial charge in [0, 0.05) is 5.41 Å². The molecule has 23 heavy (non-hydrogen) atoms. The second-order valence-corrected chi connectivity index (χ2v) is 6.82. The second-order valence-electron chi connectivity index (χ2n) is 6.08. The summed E-state index contributed by atoms with van der Waals surface area (Å²) in [6, 6.07) is 12.2. The lowest BCUT2D eigenvalue weighted by molar-refractivity contribution is 0.583. The second kappa shape index (κ2) is 4.91. The van der Waals surface area contributed by atoms with Gasteiger partial charge in [0.05, 0.1) is 11.0 Å². The number of rotatable bonds is 2. The summed E-state index contributed by atoms with van der Waals surface area (Å²) in [6.07, 6.45) is 0. The minimum atomic E-state index is -0.193. The Labute approximate surface area is 142 Å². The molecule has 0 amide bonds. The number of aromatic amines is 2. The fourth-order valence-corrected chi connectivity index (χ4v) is 3.25. The molecule has 0 bridgehead atoms. The molecule has 2 aromatic carbocycles. The van der Waals surface area contributed by atoms with E-state index in [4.69, 9.17) is 33.3 Å². The molecule has 0 saturated heterocycles. The summed E-state index contributed by atoms with van der Waals surface area (Å²) >= 11 is 10.1. The third-order valence-electron chi connectivity index (χ3n) is 4.28. The SMILES string of the molecule is CC(C)(c1ccc2oc(=S)[nH]c2c1)c1ccc2oc(=S)[nH]c2c1. The summed E-state index contributed by atoms with van der Waals surface area (Å²) in [5, 5.41) is 0. The van der Waals surface area contributed by atoms with Crippen LogP contribution in [0, 0.1) is 9.67 Å². The zero-order valence-electron chi connectivity index (χ0n) is 12.6. The first-order chi connectivity index (χ1) is 10.9. The lowest BCUT2D eigenvalue weighted by Crippen LogP contribution is -2.18. The van der Waals surface area contributed by atoms with Gasteiger partial charge in [-0.15, -0.1) is 0 Å². The van der Waals surface area contributed by atoms with Crippen LogP contribution in [0.2, 0.25) is 0 Å². The lowest BCUT2D eigenvalue weighted by Gasteiger charge is -2.26. The molecule has 2 heterocycles. The minimum absolute atomic E-state index is 0.193. The summed E-state index contributed by atoms with van der Waals surface area (Å²) in [4.78, 5) is 6.92. The van der Waals surface area contributed by atoms with Crippen molar-refractivity contribution in [1.29, 1.82) is 0 Å². The van der Waals surface area contributed by atoms with E-state index in [-0.39, 0.29) is 5.41 Å². The Bertz CT molecular complexity index is 1050. The Morgan fingerprint density at radius 1 is 0.783 bits per heavy atom. The van der Waals surface area contributed by atoms with Crippen molar-refractivity contribution >= 4 is 46.6 Å². The van der Waals surface area contributed by atoms with Gasteiger partial charge in [0.15, 0.2) is 11.2 Å². The van der Waals surface area contributed by atoms with Crippen LogP contribution < -0.4 is 0 Å². The molecule has 0 fully saturated rings. The van der Waals surface area contributed by atoms with Crippen LogP contribution in [-0.2, 0) is 5.41 Å². The first kappa shape index (κ1) is 14.4. The topological polar surface area (TPSA) is 57.9 Å². The fraction of sp³-hybridized carbons (Fsp3) is 0.176. The first-order valence-corrected chi connectivity index (χ1v) is 8.02. The van der Waals surface area contributed by atoms with Crippen molar-refractivity contribution in [2.45, 2.75) is 19.3 Å². The van der Waals surface area contributed by atoms with Gasteiger partial charge >= 0.3 is 0 Å². The van der Waals surface area contributed by atoms with E-state index in [9.17, 15) is 0 Å². The number of hydrogen-bond acceptors (Lipinski definition) is 4. The molecular weight excluding hydrogens is 328 g/mol. The number of hydrogen-bond donors (Lipinski definition) is 2. The van der Waals surface area contributed by atoms with Gasteiger partial charge < -0.3 is 18.8 Å². The van der Waals surface area contributed by atoms with Gasteiger partial charge in [0.1, 0.15) is 0 Å². The Hall–Kier alpha value is -2.18. The van der Waals surface area contributed by atoms with Gasteiger partial charge in [-0.2, -0.15) is 0 Å². The van der Waals surface area contributed by atoms with Crippen LogP contribution >= 0.6 is 24.4 Å². The van der Waals surface area contributed by atoms with Crippen LogP contribution in [0.5, 0.6) is 0 Å². The van der Waals surface area contributed by atoms with Crippen molar-refractivity contribution in [3.63, 3.8) is 0 Å². The van der Waals surface area contributed by atoms with Gasteiger partial charge in [-0.05, 0) is 59.8 Å². The van der Waals surface area contributed by atoms with Gasteiger partial charge in [-0.1, -0.05) is 26.0 Å². The average molecular weight is 342 g/mol. The maximum Gasteiger partial charge on any atom is 0.266 e. The molecule has 4 nitrogen and oxygen atoms in total. The van der Waals surface area contributed by atoms with E-state index in [2.05, 4.69) is 48.1 Å². The average Bonchev–Trinajstić information content (AvgIpc) is 3.05. The fourth-order valence-electron chi connectivity index (χ4n) is 2.85. The van der Waals surface area contributed by atoms with Crippen molar-refractivity contribution in [1.82, 2.24) is 9.97 Å². The molecule has 116 valence electrons. The third kappa shape index (κ3) is 2.34. The Morgan fingerprint density at radius 2 is 1.22 bits per heavy atom. The summed E-state index contributed by atoms with van der Waals surface area (Å²) in [7, 11) is 0. The molecule has 0 aliphatic heterocycles. The van der Waals surface area contributed by atoms with E-state index < -0.39 is 0 Å². The molecule has 4 rings (SSSR count). The highest BCUT2D eigenvalue weighted by molar-refractivity contribution is 7.71. The molecule has 2 N–H and O–H groups in total. The maximum atomic E-state index is 5.43. The molecule has 0 saturated carbocycles. The normalized spacial score (nSPS) is 12.3. The zero-order chi connectivity index (χ0) is 16.2. The van der Waals surface area contributed by atoms with Gasteiger partial charge in [-0.3, -0.25) is 0 Å². The summed E-state index contributed by atoms with van der Waals surface area (Å²) < 4.78 is 10.9. The molecule has 0 radical (unpaired) electrons. The number of H-pyrrole nitrogens is 2. The first-order valence-electron chi connectivity index (χ1n) is 7.20. The van der Waals surface area contributed by atoms with E-state index in [1.807, 2.05) is 12.1 Å². The Balaban J connectivity index is 1.88. The molecule has 0 spiro atoms. The van der Waals surface area contributed by atoms with Crippen molar-refractivity contribution in [3.8, 4) is 0 Å². The van der Waals surface area contributed by atoms with Crippen LogP contribution in [0.4, 0.5) is 0 Å². The number of benzene rings is 2. The molecule has 0 unspecified atom stereocenters. The van der Waals surface area contributed by atoms with Crippen LogP contribution in [0.1, 0.15) is 25.0 Å². The third-order valence-corrected chi connectivity index (χ3v) is 4.65. The zero-order valence-corrected chi connectivity index (χ0v) is 14.2. The largest absolute Gasteiger partial charge is 0.429 e. The number of aromatic nitrogens is 2. The standard InChI is InChI=1S/C17H14N2O2S2/c1-17(2,9-3-5-13-11(7-9)18-15(22)20-13)10-4-6-14-12(8-10)19-16(23)21-14/h3-8H,1-2H3,(H,18,22)(H,19,23). The van der Waals surface area contributed by atoms with Gasteiger partial charge in [-0.25, -0.2) is 0 Å². The van der Waals surface area contributed by atoms with E-state index in [1.54, 1.807) is 0 Å². The Kier molecular flexibility index (Phi) is 3.08. The lowest BCUT2D eigenvalue weighted by atomic mass is 9.78. The van der Waals surface area contributed by atoms with Crippen molar-refractivity contribution in [3.05, 3.63) is 57.2 Å².